The monoisotopic (exact) mass is 580 g/mol. The van der Waals surface area contributed by atoms with Gasteiger partial charge in [0, 0.05) is 23.7 Å². The van der Waals surface area contributed by atoms with Crippen LogP contribution in [0.1, 0.15) is 65.9 Å². The van der Waals surface area contributed by atoms with Gasteiger partial charge in [-0.2, -0.15) is 5.10 Å². The third-order valence-electron chi connectivity index (χ3n) is 11.2. The molecule has 0 saturated heterocycles. The molecule has 42 heavy (non-hydrogen) atoms. The summed E-state index contributed by atoms with van der Waals surface area (Å²) in [4.78, 5) is 39.7. The predicted molar refractivity (Wildman–Crippen MR) is 156 cm³/mol. The quantitative estimate of drug-likeness (QED) is 0.272. The van der Waals surface area contributed by atoms with E-state index < -0.39 is 66.0 Å². The normalized spacial score (nSPS) is 39.1. The molecule has 5 rings (SSSR count). The van der Waals surface area contributed by atoms with E-state index in [4.69, 9.17) is 9.47 Å². The van der Waals surface area contributed by atoms with Crippen molar-refractivity contribution in [3.05, 3.63) is 36.4 Å². The number of ether oxygens (including phenoxy) is 2. The van der Waals surface area contributed by atoms with Crippen LogP contribution in [0.25, 0.3) is 0 Å². The van der Waals surface area contributed by atoms with Gasteiger partial charge in [-0.15, -0.1) is 6.58 Å². The number of esters is 1. The molecule has 226 valence electrons. The lowest BCUT2D eigenvalue weighted by molar-refractivity contribution is -0.207. The summed E-state index contributed by atoms with van der Waals surface area (Å²) in [7, 11) is -1.29. The second-order valence-electron chi connectivity index (χ2n) is 13.3. The molecule has 2 bridgehead atoms. The van der Waals surface area contributed by atoms with Crippen LogP contribution in [0.4, 0.5) is 0 Å². The van der Waals surface area contributed by atoms with E-state index in [0.717, 1.165) is 11.3 Å². The topological polar surface area (TPSA) is 146 Å². The minimum absolute atomic E-state index is 0.00752. The largest absolute Gasteiger partial charge is 0.482 e. The third-order valence-corrected chi connectivity index (χ3v) is 11.2. The Morgan fingerprint density at radius 2 is 1.95 bits per heavy atom. The summed E-state index contributed by atoms with van der Waals surface area (Å²) >= 11 is 0. The Morgan fingerprint density at radius 3 is 2.62 bits per heavy atom. The second kappa shape index (κ2) is 10.6. The molecular weight excluding hydrogens is 539 g/mol. The zero-order valence-electron chi connectivity index (χ0n) is 24.9. The van der Waals surface area contributed by atoms with Gasteiger partial charge in [-0.25, -0.2) is 9.71 Å². The number of aliphatic hydroxyl groups is 2. The van der Waals surface area contributed by atoms with Crippen LogP contribution in [-0.4, -0.2) is 76.0 Å². The lowest BCUT2D eigenvalue weighted by Crippen LogP contribution is -2.63. The number of carbonyl (C=O) groups is 3. The molecule has 1 aromatic rings. The summed E-state index contributed by atoms with van der Waals surface area (Å²) < 4.78 is 11.9. The molecule has 11 heteroatoms. The minimum Gasteiger partial charge on any atom is -0.482 e. The molecule has 0 radical (unpaired) electrons. The number of aliphatic hydroxyl groups excluding tert-OH is 2. The molecule has 4 aliphatic rings. The standard InChI is InChI=1S/C31H41BN2O8/c1-7-29(5)14-24(30(6)17(2)10-11-31(18(3)28(29)39)13-23(36)26(38)27(30)31)42-25(37)16-41-21-9-8-20-15-33-34(19(4)35)32(40)22(20)12-21/h7-9,12,15,17-18,23-24,27-28,36,39-40H,1,10-11,13-14,16H2,2-6H3/t17-,18+,23+,24-,27+,28+,29-,30+,31+/m1/s1. The number of Topliss-reactive ketones (excluding diaryl/α,β-unsaturated/α-hetero) is 1. The van der Waals surface area contributed by atoms with Crippen molar-refractivity contribution in [3.8, 4) is 5.75 Å². The molecule has 1 aliphatic heterocycles. The van der Waals surface area contributed by atoms with E-state index in [9.17, 15) is 29.6 Å². The molecule has 0 aromatic heterocycles. The Bertz CT molecular complexity index is 1340. The highest BCUT2D eigenvalue weighted by molar-refractivity contribution is 6.67. The van der Waals surface area contributed by atoms with Crippen molar-refractivity contribution in [1.82, 2.24) is 4.92 Å². The van der Waals surface area contributed by atoms with Gasteiger partial charge in [0.15, 0.2) is 12.4 Å². The van der Waals surface area contributed by atoms with Gasteiger partial charge in [-0.1, -0.05) is 39.8 Å². The van der Waals surface area contributed by atoms with Crippen molar-refractivity contribution in [1.29, 1.82) is 0 Å². The first-order valence-electron chi connectivity index (χ1n) is 14.7. The van der Waals surface area contributed by atoms with Crippen LogP contribution in [-0.2, 0) is 19.1 Å². The van der Waals surface area contributed by atoms with Gasteiger partial charge in [0.25, 0.3) is 0 Å². The van der Waals surface area contributed by atoms with Crippen LogP contribution in [0.2, 0.25) is 0 Å². The van der Waals surface area contributed by atoms with Crippen molar-refractivity contribution in [2.45, 2.75) is 78.6 Å². The van der Waals surface area contributed by atoms with Crippen LogP contribution in [0.5, 0.6) is 5.75 Å². The van der Waals surface area contributed by atoms with Gasteiger partial charge in [-0.05, 0) is 66.1 Å². The fraction of sp³-hybridized carbons (Fsp3) is 0.613. The molecule has 1 amide bonds. The van der Waals surface area contributed by atoms with E-state index in [2.05, 4.69) is 18.6 Å². The zero-order chi connectivity index (χ0) is 30.8. The van der Waals surface area contributed by atoms with Crippen LogP contribution in [0, 0.1) is 34.0 Å². The molecule has 3 N–H and O–H groups in total. The molecule has 9 atom stereocenters. The number of amides is 1. The minimum atomic E-state index is -1.29. The van der Waals surface area contributed by atoms with Gasteiger partial charge in [-0.3, -0.25) is 9.59 Å². The van der Waals surface area contributed by atoms with Gasteiger partial charge in [0.2, 0.25) is 5.91 Å². The smallest absolute Gasteiger partial charge is 0.474 e. The molecular formula is C31H41BN2O8. The summed E-state index contributed by atoms with van der Waals surface area (Å²) in [6, 6.07) is 4.86. The first-order valence-corrected chi connectivity index (χ1v) is 14.7. The summed E-state index contributed by atoms with van der Waals surface area (Å²) in [6.45, 7) is 12.8. The van der Waals surface area contributed by atoms with E-state index in [1.807, 2.05) is 20.8 Å². The van der Waals surface area contributed by atoms with Gasteiger partial charge in [0.05, 0.1) is 12.3 Å². The van der Waals surface area contributed by atoms with Crippen LogP contribution in [0.15, 0.2) is 36.0 Å². The number of nitrogens with zero attached hydrogens (tertiary/aromatic N) is 2. The molecule has 1 aromatic carbocycles. The summed E-state index contributed by atoms with van der Waals surface area (Å²) in [5, 5.41) is 37.1. The Labute approximate surface area is 246 Å². The molecule has 1 heterocycles. The third kappa shape index (κ3) is 4.52. The molecule has 0 spiro atoms. The van der Waals surface area contributed by atoms with Crippen LogP contribution >= 0.6 is 0 Å². The Kier molecular flexibility index (Phi) is 7.69. The van der Waals surface area contributed by atoms with Crippen LogP contribution < -0.4 is 10.2 Å². The molecule has 3 fully saturated rings. The van der Waals surface area contributed by atoms with Crippen molar-refractivity contribution < 1.29 is 39.1 Å². The average Bonchev–Trinajstić information content (AvgIpc) is 3.23. The zero-order valence-corrected chi connectivity index (χ0v) is 24.9. The van der Waals surface area contributed by atoms with E-state index in [1.54, 1.807) is 24.3 Å². The molecule has 3 aliphatic carbocycles. The maximum absolute atomic E-state index is 13.6. The highest BCUT2D eigenvalue weighted by Crippen LogP contribution is 2.68. The first-order chi connectivity index (χ1) is 19.7. The van der Waals surface area contributed by atoms with Gasteiger partial charge >= 0.3 is 13.0 Å². The number of hydrogen-bond donors (Lipinski definition) is 3. The average molecular weight is 580 g/mol. The van der Waals surface area contributed by atoms with E-state index in [0.29, 0.717) is 23.2 Å². The van der Waals surface area contributed by atoms with E-state index in [-0.39, 0.29) is 30.5 Å². The van der Waals surface area contributed by atoms with Gasteiger partial charge in [0.1, 0.15) is 18.0 Å². The number of hydrazone groups is 1. The van der Waals surface area contributed by atoms with Crippen molar-refractivity contribution in [2.75, 3.05) is 6.61 Å². The molecule has 3 saturated carbocycles. The van der Waals surface area contributed by atoms with Gasteiger partial charge < -0.3 is 24.7 Å². The van der Waals surface area contributed by atoms with Crippen LogP contribution in [0.3, 0.4) is 0 Å². The number of fused-ring (bicyclic) bond motifs is 1. The lowest BCUT2D eigenvalue weighted by Gasteiger charge is -2.61. The molecule has 0 unspecified atom stereocenters. The lowest BCUT2D eigenvalue weighted by atomic mass is 9.44. The van der Waals surface area contributed by atoms with Crippen molar-refractivity contribution >= 4 is 36.4 Å². The fourth-order valence-electron chi connectivity index (χ4n) is 8.38. The number of rotatable bonds is 5. The number of benzene rings is 1. The highest BCUT2D eigenvalue weighted by atomic mass is 16.6. The summed E-state index contributed by atoms with van der Waals surface area (Å²) in [6.07, 6.45) is 2.47. The Morgan fingerprint density at radius 1 is 1.24 bits per heavy atom. The van der Waals surface area contributed by atoms with Crippen molar-refractivity contribution in [3.63, 3.8) is 0 Å². The van der Waals surface area contributed by atoms with E-state index >= 15 is 0 Å². The highest BCUT2D eigenvalue weighted by Gasteiger charge is 2.70. The van der Waals surface area contributed by atoms with Crippen molar-refractivity contribution in [2.24, 2.45) is 39.1 Å². The predicted octanol–water partition coefficient (Wildman–Crippen LogP) is 1.83. The van der Waals surface area contributed by atoms with E-state index in [1.165, 1.54) is 13.1 Å². The number of hydrogen-bond acceptors (Lipinski definition) is 9. The number of carbonyl (C=O) groups excluding carboxylic acids is 3. The molecule has 10 nitrogen and oxygen atoms in total. The maximum Gasteiger partial charge on any atom is 0.474 e. The number of ketones is 1. The Balaban J connectivity index is 1.42. The Hall–Kier alpha value is -3.02. The second-order valence-corrected chi connectivity index (χ2v) is 13.3. The maximum atomic E-state index is 13.6. The summed E-state index contributed by atoms with van der Waals surface area (Å²) in [5.41, 5.74) is -1.19. The fourth-order valence-corrected chi connectivity index (χ4v) is 8.38. The summed E-state index contributed by atoms with van der Waals surface area (Å²) in [5.74, 6) is -1.85. The first kappa shape index (κ1) is 30.4. The SMILES string of the molecule is C=C[C@]1(C)C[C@@H](OC(=O)COc2ccc3c(c2)B(O)N(C(C)=O)N=C3)[C@]2(C)[C@H](C)CC[C@]3(C[C@H](O)C(=O)[C@H]32)[C@@H](C)[C@@H]1O.